The van der Waals surface area contributed by atoms with Crippen molar-refractivity contribution in [2.24, 2.45) is 28.6 Å². The number of rotatable bonds is 7. The second kappa shape index (κ2) is 11.1. The zero-order chi connectivity index (χ0) is 27.9. The highest BCUT2D eigenvalue weighted by atomic mass is 16.7. The van der Waals surface area contributed by atoms with Crippen LogP contribution in [0, 0.1) is 28.6 Å². The summed E-state index contributed by atoms with van der Waals surface area (Å²) in [5.74, 6) is 1.75. The molecule has 40 heavy (non-hydrogen) atoms. The summed E-state index contributed by atoms with van der Waals surface area (Å²) >= 11 is 0. The van der Waals surface area contributed by atoms with Crippen LogP contribution >= 0.6 is 0 Å². The summed E-state index contributed by atoms with van der Waals surface area (Å²) in [6, 6.07) is 5.69. The number of amides is 2. The highest BCUT2D eigenvalue weighted by Crippen LogP contribution is 2.62. The van der Waals surface area contributed by atoms with Crippen LogP contribution in [0.25, 0.3) is 0 Å². The van der Waals surface area contributed by atoms with E-state index in [0.29, 0.717) is 31.9 Å². The zero-order valence-corrected chi connectivity index (χ0v) is 23.8. The van der Waals surface area contributed by atoms with Gasteiger partial charge in [0.2, 0.25) is 18.6 Å². The second-order valence-corrected chi connectivity index (χ2v) is 13.1. The van der Waals surface area contributed by atoms with E-state index in [9.17, 15) is 14.7 Å². The molecule has 0 aromatic heterocycles. The van der Waals surface area contributed by atoms with Gasteiger partial charge in [0.1, 0.15) is 0 Å². The molecule has 3 aliphatic carbocycles. The Bertz CT molecular complexity index is 1110. The minimum atomic E-state index is -0.512. The normalized spacial score (nSPS) is 36.9. The maximum atomic E-state index is 13.1. The van der Waals surface area contributed by atoms with Crippen LogP contribution in [0.4, 0.5) is 0 Å². The van der Waals surface area contributed by atoms with E-state index >= 15 is 0 Å². The van der Waals surface area contributed by atoms with Crippen molar-refractivity contribution in [2.45, 2.75) is 96.7 Å². The molecule has 6 rings (SSSR count). The largest absolute Gasteiger partial charge is 0.454 e. The monoisotopic (exact) mass is 556 g/mol. The number of fused-ring (bicyclic) bond motifs is 4. The molecular formula is C31H44N2O7. The van der Waals surface area contributed by atoms with Gasteiger partial charge in [0.05, 0.1) is 25.4 Å². The number of hydrogen-bond acceptors (Lipinski definition) is 7. The number of ether oxygens (including phenoxy) is 4. The maximum absolute atomic E-state index is 13.1. The third-order valence-corrected chi connectivity index (χ3v) is 10.7. The van der Waals surface area contributed by atoms with Crippen LogP contribution in [0.5, 0.6) is 11.5 Å². The lowest BCUT2D eigenvalue weighted by molar-refractivity contribution is -0.306. The molecule has 1 aromatic carbocycles. The molecule has 220 valence electrons. The van der Waals surface area contributed by atoms with Crippen LogP contribution in [0.3, 0.4) is 0 Å². The molecule has 2 aliphatic heterocycles. The highest BCUT2D eigenvalue weighted by Gasteiger charge is 2.61. The van der Waals surface area contributed by atoms with Crippen molar-refractivity contribution in [2.75, 3.05) is 19.9 Å². The van der Waals surface area contributed by atoms with Crippen molar-refractivity contribution >= 4 is 11.8 Å². The Hall–Kier alpha value is -2.36. The number of benzene rings is 1. The summed E-state index contributed by atoms with van der Waals surface area (Å²) in [5.41, 5.74) is 0.541. The molecule has 5 aliphatic rings. The van der Waals surface area contributed by atoms with Crippen LogP contribution < -0.4 is 20.1 Å². The molecule has 9 nitrogen and oxygen atoms in total. The molecule has 9 heteroatoms. The summed E-state index contributed by atoms with van der Waals surface area (Å²) in [5, 5.41) is 17.2. The van der Waals surface area contributed by atoms with Gasteiger partial charge in [-0.1, -0.05) is 32.8 Å². The van der Waals surface area contributed by atoms with E-state index in [1.165, 1.54) is 0 Å². The molecule has 0 radical (unpaired) electrons. The second-order valence-electron chi connectivity index (χ2n) is 13.1. The third-order valence-electron chi connectivity index (χ3n) is 10.7. The summed E-state index contributed by atoms with van der Waals surface area (Å²) in [6.45, 7) is 6.07. The molecule has 1 saturated heterocycles. The van der Waals surface area contributed by atoms with E-state index in [4.69, 9.17) is 18.9 Å². The van der Waals surface area contributed by atoms with Crippen molar-refractivity contribution in [1.82, 2.24) is 10.6 Å². The van der Waals surface area contributed by atoms with Crippen molar-refractivity contribution in [3.8, 4) is 11.5 Å². The molecular weight excluding hydrogens is 512 g/mol. The lowest BCUT2D eigenvalue weighted by atomic mass is 9.46. The summed E-state index contributed by atoms with van der Waals surface area (Å²) < 4.78 is 23.5. The first-order valence-electron chi connectivity index (χ1n) is 15.1. The number of carbonyl (C=O) groups excluding carboxylic acids is 2. The number of aliphatic hydroxyl groups excluding tert-OH is 1. The van der Waals surface area contributed by atoms with E-state index < -0.39 is 12.4 Å². The standard InChI is InChI=1S/C31H44N2O7/c1-30-12-11-26-31(2,17-37-28(40-26)16-33-29(36)20-5-3-4-6-20)25(30)10-8-22(34)21(30)14-27(35)32-15-19-7-9-23-24(13-19)39-18-38-23/h7,9,13,20-22,25-26,28,34H,3-6,8,10-12,14-18H2,1-2H3,(H,32,35)(H,33,36)/t21-,22-,25+,26-,28-,30+,31+/m1/s1. The Morgan fingerprint density at radius 2 is 1.80 bits per heavy atom. The molecule has 0 spiro atoms. The van der Waals surface area contributed by atoms with Gasteiger partial charge < -0.3 is 34.7 Å². The van der Waals surface area contributed by atoms with E-state index in [1.807, 2.05) is 18.2 Å². The lowest BCUT2D eigenvalue weighted by Crippen LogP contribution is -2.63. The van der Waals surface area contributed by atoms with Crippen molar-refractivity contribution in [1.29, 1.82) is 0 Å². The van der Waals surface area contributed by atoms with E-state index in [2.05, 4.69) is 24.5 Å². The predicted octanol–water partition coefficient (Wildman–Crippen LogP) is 3.66. The Kier molecular flexibility index (Phi) is 7.74. The van der Waals surface area contributed by atoms with Crippen molar-refractivity contribution in [3.05, 3.63) is 23.8 Å². The highest BCUT2D eigenvalue weighted by molar-refractivity contribution is 5.78. The van der Waals surface area contributed by atoms with Crippen LogP contribution in [0.1, 0.15) is 77.2 Å². The molecule has 0 bridgehead atoms. The number of nitrogens with one attached hydrogen (secondary N) is 2. The van der Waals surface area contributed by atoms with Gasteiger partial charge in [-0.15, -0.1) is 0 Å². The molecule has 1 aromatic rings. The van der Waals surface area contributed by atoms with Gasteiger partial charge >= 0.3 is 0 Å². The Labute approximate surface area is 236 Å². The van der Waals surface area contributed by atoms with E-state index in [1.54, 1.807) is 0 Å². The molecule has 2 amide bonds. The maximum Gasteiger partial charge on any atom is 0.231 e. The van der Waals surface area contributed by atoms with Crippen LogP contribution in [-0.2, 0) is 25.6 Å². The smallest absolute Gasteiger partial charge is 0.231 e. The average Bonchev–Trinajstić information content (AvgIpc) is 3.65. The number of aliphatic hydroxyl groups is 1. The van der Waals surface area contributed by atoms with Gasteiger partial charge in [-0.05, 0) is 73.5 Å². The zero-order valence-electron chi connectivity index (χ0n) is 23.8. The van der Waals surface area contributed by atoms with E-state index in [0.717, 1.165) is 56.3 Å². The van der Waals surface area contributed by atoms with Gasteiger partial charge in [0.15, 0.2) is 17.8 Å². The molecule has 3 N–H and O–H groups in total. The van der Waals surface area contributed by atoms with Gasteiger partial charge in [-0.2, -0.15) is 0 Å². The quantitative estimate of drug-likeness (QED) is 0.470. The molecule has 7 atom stereocenters. The number of carbonyl (C=O) groups is 2. The summed E-state index contributed by atoms with van der Waals surface area (Å²) in [4.78, 5) is 25.6. The molecule has 4 fully saturated rings. The minimum Gasteiger partial charge on any atom is -0.454 e. The molecule has 0 unspecified atom stereocenters. The Balaban J connectivity index is 1.06. The van der Waals surface area contributed by atoms with Gasteiger partial charge in [0, 0.05) is 24.3 Å². The lowest BCUT2D eigenvalue weighted by Gasteiger charge is -2.63. The Morgan fingerprint density at radius 3 is 2.62 bits per heavy atom. The summed E-state index contributed by atoms with van der Waals surface area (Å²) in [7, 11) is 0. The van der Waals surface area contributed by atoms with Crippen molar-refractivity contribution in [3.63, 3.8) is 0 Å². The summed E-state index contributed by atoms with van der Waals surface area (Å²) in [6.07, 6.45) is 6.88. The first kappa shape index (κ1) is 27.8. The van der Waals surface area contributed by atoms with E-state index in [-0.39, 0.29) is 59.7 Å². The fraction of sp³-hybridized carbons (Fsp3) is 0.742. The number of hydrogen-bond donors (Lipinski definition) is 3. The molecule has 3 saturated carbocycles. The topological polar surface area (TPSA) is 115 Å². The fourth-order valence-electron chi connectivity index (χ4n) is 8.43. The first-order chi connectivity index (χ1) is 19.3. The van der Waals surface area contributed by atoms with Crippen LogP contribution in [0.15, 0.2) is 18.2 Å². The van der Waals surface area contributed by atoms with Crippen molar-refractivity contribution < 1.29 is 33.6 Å². The first-order valence-corrected chi connectivity index (χ1v) is 15.1. The fourth-order valence-corrected chi connectivity index (χ4v) is 8.43. The van der Waals surface area contributed by atoms with Crippen LogP contribution in [0.2, 0.25) is 0 Å². The molecule has 2 heterocycles. The third kappa shape index (κ3) is 5.21. The van der Waals surface area contributed by atoms with Crippen LogP contribution in [-0.4, -0.2) is 55.4 Å². The SMILES string of the molecule is C[C@@]12CO[C@@H](CNC(=O)C3CCCC3)O[C@@H]1CC[C@]1(C)[C@@H]2CC[C@@H](O)[C@H]1CC(=O)NCc1ccc2c(c1)OCO2. The average molecular weight is 557 g/mol. The predicted molar refractivity (Wildman–Crippen MR) is 146 cm³/mol. The van der Waals surface area contributed by atoms with Gasteiger partial charge in [0.25, 0.3) is 0 Å². The van der Waals surface area contributed by atoms with Gasteiger partial charge in [-0.25, -0.2) is 0 Å². The minimum absolute atomic E-state index is 0.0310. The van der Waals surface area contributed by atoms with Gasteiger partial charge in [-0.3, -0.25) is 9.59 Å². The Morgan fingerprint density at radius 1 is 1.00 bits per heavy atom.